The summed E-state index contributed by atoms with van der Waals surface area (Å²) in [7, 11) is 0. The van der Waals surface area contributed by atoms with E-state index in [0.717, 1.165) is 18.9 Å². The highest BCUT2D eigenvalue weighted by Gasteiger charge is 2.28. The number of aromatic nitrogens is 1. The van der Waals surface area contributed by atoms with Crippen molar-refractivity contribution in [3.8, 4) is 0 Å². The molecular weight excluding hydrogens is 472 g/mol. The van der Waals surface area contributed by atoms with Crippen molar-refractivity contribution in [2.24, 2.45) is 5.10 Å². The first kappa shape index (κ1) is 23.5. The van der Waals surface area contributed by atoms with E-state index in [0.29, 0.717) is 37.4 Å². The lowest BCUT2D eigenvalue weighted by molar-refractivity contribution is 0.0694. The van der Waals surface area contributed by atoms with Crippen LogP contribution < -0.4 is 15.8 Å². The van der Waals surface area contributed by atoms with Gasteiger partial charge in [-0.2, -0.15) is 5.10 Å². The molecule has 3 aromatic rings. The number of hydrogen-bond donors (Lipinski definition) is 2. The number of carbonyl (C=O) groups excluding carboxylic acids is 1. The maximum absolute atomic E-state index is 15.1. The van der Waals surface area contributed by atoms with Crippen LogP contribution in [0.2, 0.25) is 0 Å². The van der Waals surface area contributed by atoms with Gasteiger partial charge >= 0.3 is 5.97 Å². The number of hydrazone groups is 1. The fourth-order valence-corrected chi connectivity index (χ4v) is 4.32. The summed E-state index contributed by atoms with van der Waals surface area (Å²) in [6.45, 7) is 1.98. The molecule has 1 aromatic heterocycles. The van der Waals surface area contributed by atoms with Crippen LogP contribution in [0.4, 0.5) is 14.5 Å². The van der Waals surface area contributed by atoms with E-state index in [1.54, 1.807) is 10.6 Å². The molecule has 186 valence electrons. The number of benzene rings is 2. The van der Waals surface area contributed by atoms with Gasteiger partial charge in [0.05, 0.1) is 11.2 Å². The summed E-state index contributed by atoms with van der Waals surface area (Å²) >= 11 is 0. The van der Waals surface area contributed by atoms with Crippen molar-refractivity contribution in [1.82, 2.24) is 14.9 Å². The molecule has 2 aromatic carbocycles. The third-order valence-electron chi connectivity index (χ3n) is 6.42. The van der Waals surface area contributed by atoms with Crippen molar-refractivity contribution in [1.29, 1.82) is 0 Å². The summed E-state index contributed by atoms with van der Waals surface area (Å²) in [4.78, 5) is 40.0. The van der Waals surface area contributed by atoms with Crippen molar-refractivity contribution >= 4 is 34.8 Å². The van der Waals surface area contributed by atoms with Gasteiger partial charge in [-0.05, 0) is 49.2 Å². The number of pyridine rings is 1. The first-order valence-corrected chi connectivity index (χ1v) is 11.5. The van der Waals surface area contributed by atoms with E-state index < -0.39 is 28.9 Å². The first-order chi connectivity index (χ1) is 17.3. The maximum Gasteiger partial charge on any atom is 0.341 e. The van der Waals surface area contributed by atoms with Crippen LogP contribution >= 0.6 is 0 Å². The lowest BCUT2D eigenvalue weighted by atomic mass is 10.1. The number of aromatic carboxylic acids is 1. The molecule has 2 aliphatic rings. The zero-order valence-corrected chi connectivity index (χ0v) is 19.2. The molecule has 36 heavy (non-hydrogen) atoms. The van der Waals surface area contributed by atoms with Crippen LogP contribution in [-0.2, 0) is 0 Å². The second-order valence-corrected chi connectivity index (χ2v) is 8.85. The second kappa shape index (κ2) is 9.40. The van der Waals surface area contributed by atoms with Crippen molar-refractivity contribution in [2.45, 2.75) is 18.9 Å². The number of nitrogens with zero attached hydrogens (tertiary/aromatic N) is 4. The normalized spacial score (nSPS) is 16.1. The van der Waals surface area contributed by atoms with Crippen molar-refractivity contribution < 1.29 is 23.5 Å². The molecule has 1 aliphatic carbocycles. The number of carboxylic acids is 1. The van der Waals surface area contributed by atoms with Crippen LogP contribution in [0.3, 0.4) is 0 Å². The molecule has 1 saturated carbocycles. The first-order valence-electron chi connectivity index (χ1n) is 11.5. The molecule has 0 radical (unpaired) electrons. The molecule has 9 nitrogen and oxygen atoms in total. The molecule has 2 fully saturated rings. The number of amides is 1. The molecule has 0 unspecified atom stereocenters. The quantitative estimate of drug-likeness (QED) is 0.310. The monoisotopic (exact) mass is 495 g/mol. The molecule has 5 rings (SSSR count). The number of carboxylic acid groups (broad SMARTS) is 1. The average molecular weight is 495 g/mol. The molecule has 1 amide bonds. The summed E-state index contributed by atoms with van der Waals surface area (Å²) in [6, 6.07) is 7.98. The summed E-state index contributed by atoms with van der Waals surface area (Å²) in [5.41, 5.74) is 2.50. The Morgan fingerprint density at radius 2 is 1.75 bits per heavy atom. The Morgan fingerprint density at radius 1 is 1.06 bits per heavy atom. The molecular formula is C25H23F2N5O4. The predicted octanol–water partition coefficient (Wildman–Crippen LogP) is 2.81. The predicted molar refractivity (Wildman–Crippen MR) is 130 cm³/mol. The van der Waals surface area contributed by atoms with E-state index in [-0.39, 0.29) is 22.6 Å². The minimum Gasteiger partial charge on any atom is -0.477 e. The minimum absolute atomic E-state index is 0.0608. The van der Waals surface area contributed by atoms with Gasteiger partial charge in [0.2, 0.25) is 5.43 Å². The van der Waals surface area contributed by atoms with E-state index in [1.165, 1.54) is 36.8 Å². The molecule has 0 atom stereocenters. The lowest BCUT2D eigenvalue weighted by Crippen LogP contribution is -2.46. The summed E-state index contributed by atoms with van der Waals surface area (Å²) in [5.74, 6) is -2.81. The van der Waals surface area contributed by atoms with Gasteiger partial charge in [0.1, 0.15) is 23.5 Å². The zero-order chi connectivity index (χ0) is 25.4. The molecule has 0 spiro atoms. The Labute approximate surface area is 204 Å². The van der Waals surface area contributed by atoms with E-state index >= 15 is 4.39 Å². The van der Waals surface area contributed by atoms with Crippen molar-refractivity contribution in [3.05, 3.63) is 75.6 Å². The summed E-state index contributed by atoms with van der Waals surface area (Å²) in [6.07, 6.45) is 4.60. The van der Waals surface area contributed by atoms with Gasteiger partial charge < -0.3 is 19.5 Å². The van der Waals surface area contributed by atoms with Gasteiger partial charge in [0.15, 0.2) is 0 Å². The highest BCUT2D eigenvalue weighted by molar-refractivity contribution is 5.94. The summed E-state index contributed by atoms with van der Waals surface area (Å²) < 4.78 is 29.9. The van der Waals surface area contributed by atoms with Crippen LogP contribution in [0, 0.1) is 11.6 Å². The van der Waals surface area contributed by atoms with Gasteiger partial charge in [-0.25, -0.2) is 19.0 Å². The second-order valence-electron chi connectivity index (χ2n) is 8.85. The largest absolute Gasteiger partial charge is 0.477 e. The van der Waals surface area contributed by atoms with E-state index in [1.807, 2.05) is 9.80 Å². The van der Waals surface area contributed by atoms with Gasteiger partial charge in [-0.15, -0.1) is 0 Å². The Bertz CT molecular complexity index is 1430. The number of carbonyl (C=O) groups is 2. The fraction of sp³-hybridized carbons (Fsp3) is 0.280. The summed E-state index contributed by atoms with van der Waals surface area (Å²) in [5, 5.41) is 13.4. The molecule has 0 bridgehead atoms. The SMILES string of the molecule is O=C(N/N=C/N1CCN(c2cc3c(cc2F)c(=O)c(C(=O)O)cn3C2CC2)CC1)c1ccc(F)cc1. The van der Waals surface area contributed by atoms with Crippen LogP contribution in [-0.4, -0.2) is 59.0 Å². The number of rotatable bonds is 6. The van der Waals surface area contributed by atoms with Crippen LogP contribution in [0.15, 0.2) is 52.5 Å². The highest BCUT2D eigenvalue weighted by atomic mass is 19.1. The van der Waals surface area contributed by atoms with Crippen molar-refractivity contribution in [3.63, 3.8) is 0 Å². The number of halogens is 2. The van der Waals surface area contributed by atoms with E-state index in [4.69, 9.17) is 0 Å². The van der Waals surface area contributed by atoms with Crippen LogP contribution in [0.1, 0.15) is 39.6 Å². The highest BCUT2D eigenvalue weighted by Crippen LogP contribution is 2.38. The Morgan fingerprint density at radius 3 is 2.39 bits per heavy atom. The van der Waals surface area contributed by atoms with Gasteiger partial charge in [0.25, 0.3) is 5.91 Å². The lowest BCUT2D eigenvalue weighted by Gasteiger charge is -2.35. The molecule has 1 saturated heterocycles. The molecule has 1 aliphatic heterocycles. The molecule has 2 N–H and O–H groups in total. The van der Waals surface area contributed by atoms with Crippen LogP contribution in [0.5, 0.6) is 0 Å². The van der Waals surface area contributed by atoms with Gasteiger partial charge in [-0.1, -0.05) is 0 Å². The minimum atomic E-state index is -1.33. The Hall–Kier alpha value is -4.28. The number of fused-ring (bicyclic) bond motifs is 1. The standard InChI is InChI=1S/C25H23F2N5O4/c26-16-3-1-15(2-4-16)24(34)29-28-14-30-7-9-31(10-8-30)22-12-21-18(11-20(22)27)23(33)19(25(35)36)13-32(21)17-5-6-17/h1-4,11-14,17H,5-10H2,(H,29,34)(H,35,36)/b28-14+. The topological polar surface area (TPSA) is 107 Å². The number of anilines is 1. The van der Waals surface area contributed by atoms with Gasteiger partial charge in [-0.3, -0.25) is 9.59 Å². The number of hydrogen-bond acceptors (Lipinski definition) is 5. The van der Waals surface area contributed by atoms with E-state index in [2.05, 4.69) is 10.5 Å². The maximum atomic E-state index is 15.1. The third-order valence-corrected chi connectivity index (χ3v) is 6.42. The molecule has 2 heterocycles. The smallest absolute Gasteiger partial charge is 0.341 e. The average Bonchev–Trinajstić information content (AvgIpc) is 3.70. The molecule has 11 heteroatoms. The van der Waals surface area contributed by atoms with Crippen molar-refractivity contribution in [2.75, 3.05) is 31.1 Å². The van der Waals surface area contributed by atoms with E-state index in [9.17, 15) is 23.9 Å². The third kappa shape index (κ3) is 4.64. The Kier molecular flexibility index (Phi) is 6.13. The zero-order valence-electron chi connectivity index (χ0n) is 19.2. The van der Waals surface area contributed by atoms with Crippen LogP contribution in [0.25, 0.3) is 10.9 Å². The Balaban J connectivity index is 1.29. The fourth-order valence-electron chi connectivity index (χ4n) is 4.32. The van der Waals surface area contributed by atoms with Gasteiger partial charge in [0, 0.05) is 49.4 Å². The number of nitrogens with one attached hydrogen (secondary N) is 1. The number of piperazine rings is 1.